The van der Waals surface area contributed by atoms with Crippen LogP contribution in [0.25, 0.3) is 0 Å². The molecule has 1 N–H and O–H groups in total. The van der Waals surface area contributed by atoms with E-state index in [2.05, 4.69) is 32.2 Å². The van der Waals surface area contributed by atoms with Crippen molar-refractivity contribution in [2.75, 3.05) is 6.54 Å². The number of aryl methyl sites for hydroxylation is 2. The van der Waals surface area contributed by atoms with E-state index in [1.165, 1.54) is 21.4 Å². The molecule has 102 valence electrons. The molecule has 0 spiro atoms. The third kappa shape index (κ3) is 3.88. The molecule has 0 aliphatic heterocycles. The molecule has 0 aliphatic carbocycles. The van der Waals surface area contributed by atoms with Gasteiger partial charge in [-0.05, 0) is 63.1 Å². The fourth-order valence-electron chi connectivity index (χ4n) is 2.32. The van der Waals surface area contributed by atoms with E-state index >= 15 is 0 Å². The normalized spacial score (nSPS) is 12.6. The van der Waals surface area contributed by atoms with E-state index in [0.29, 0.717) is 6.04 Å². The quantitative estimate of drug-likeness (QED) is 0.854. The van der Waals surface area contributed by atoms with E-state index in [-0.39, 0.29) is 5.82 Å². The van der Waals surface area contributed by atoms with E-state index in [4.69, 9.17) is 0 Å². The average molecular weight is 277 g/mol. The minimum Gasteiger partial charge on any atom is -0.310 e. The molecule has 1 nitrogen and oxygen atoms in total. The highest BCUT2D eigenvalue weighted by molar-refractivity contribution is 7.12. The lowest BCUT2D eigenvalue weighted by atomic mass is 10.1. The minimum atomic E-state index is -0.158. The van der Waals surface area contributed by atoms with Gasteiger partial charge < -0.3 is 5.32 Å². The van der Waals surface area contributed by atoms with Crippen LogP contribution in [0.5, 0.6) is 0 Å². The van der Waals surface area contributed by atoms with Crippen LogP contribution in [0.1, 0.15) is 33.8 Å². The van der Waals surface area contributed by atoms with Crippen LogP contribution in [0.3, 0.4) is 0 Å². The van der Waals surface area contributed by atoms with Gasteiger partial charge in [0, 0.05) is 15.8 Å². The largest absolute Gasteiger partial charge is 0.310 e. The monoisotopic (exact) mass is 277 g/mol. The molecule has 1 unspecified atom stereocenters. The zero-order valence-electron chi connectivity index (χ0n) is 11.7. The summed E-state index contributed by atoms with van der Waals surface area (Å²) in [6, 6.07) is 9.41. The summed E-state index contributed by atoms with van der Waals surface area (Å²) in [5.41, 5.74) is 2.42. The SMILES string of the molecule is Cc1cc(C(C)NCCc2cccc(F)c2)c(C)s1. The second-order valence-corrected chi connectivity index (χ2v) is 6.38. The molecule has 0 aliphatic rings. The Bertz CT molecular complexity index is 547. The van der Waals surface area contributed by atoms with E-state index in [1.54, 1.807) is 12.1 Å². The molecule has 0 radical (unpaired) electrons. The van der Waals surface area contributed by atoms with Crippen molar-refractivity contribution < 1.29 is 4.39 Å². The summed E-state index contributed by atoms with van der Waals surface area (Å²) < 4.78 is 13.1. The van der Waals surface area contributed by atoms with Crippen LogP contribution in [-0.2, 0) is 6.42 Å². The summed E-state index contributed by atoms with van der Waals surface area (Å²) in [7, 11) is 0. The lowest BCUT2D eigenvalue weighted by molar-refractivity contribution is 0.574. The minimum absolute atomic E-state index is 0.158. The fourth-order valence-corrected chi connectivity index (χ4v) is 3.34. The molecule has 1 heterocycles. The lowest BCUT2D eigenvalue weighted by Gasteiger charge is -2.13. The van der Waals surface area contributed by atoms with Crippen molar-refractivity contribution in [1.29, 1.82) is 0 Å². The van der Waals surface area contributed by atoms with Crippen LogP contribution in [0.15, 0.2) is 30.3 Å². The van der Waals surface area contributed by atoms with Crippen molar-refractivity contribution in [3.63, 3.8) is 0 Å². The summed E-state index contributed by atoms with van der Waals surface area (Å²) >= 11 is 1.84. The topological polar surface area (TPSA) is 12.0 Å². The van der Waals surface area contributed by atoms with Crippen molar-refractivity contribution in [2.24, 2.45) is 0 Å². The number of hydrogen-bond acceptors (Lipinski definition) is 2. The Balaban J connectivity index is 1.87. The first-order valence-corrected chi connectivity index (χ1v) is 7.42. The summed E-state index contributed by atoms with van der Waals surface area (Å²) in [5.74, 6) is -0.158. The van der Waals surface area contributed by atoms with E-state index in [1.807, 2.05) is 17.4 Å². The second kappa shape index (κ2) is 6.31. The summed E-state index contributed by atoms with van der Waals surface area (Å²) in [6.45, 7) is 7.34. The molecule has 0 fully saturated rings. The molecule has 2 rings (SSSR count). The molecule has 1 aromatic carbocycles. The fraction of sp³-hybridized carbons (Fsp3) is 0.375. The summed E-state index contributed by atoms with van der Waals surface area (Å²) in [5, 5.41) is 3.51. The highest BCUT2D eigenvalue weighted by atomic mass is 32.1. The van der Waals surface area contributed by atoms with Crippen molar-refractivity contribution in [3.8, 4) is 0 Å². The van der Waals surface area contributed by atoms with Crippen molar-refractivity contribution >= 4 is 11.3 Å². The molecule has 1 atom stereocenters. The Morgan fingerprint density at radius 1 is 1.26 bits per heavy atom. The number of halogens is 1. The summed E-state index contributed by atoms with van der Waals surface area (Å²) in [4.78, 5) is 2.73. The van der Waals surface area contributed by atoms with Crippen molar-refractivity contribution in [3.05, 3.63) is 57.0 Å². The predicted octanol–water partition coefficient (Wildman–Crippen LogP) is 4.40. The van der Waals surface area contributed by atoms with Gasteiger partial charge in [-0.25, -0.2) is 4.39 Å². The molecular weight excluding hydrogens is 257 g/mol. The van der Waals surface area contributed by atoms with Gasteiger partial charge in [-0.1, -0.05) is 12.1 Å². The zero-order chi connectivity index (χ0) is 13.8. The molecule has 19 heavy (non-hydrogen) atoms. The van der Waals surface area contributed by atoms with Gasteiger partial charge in [0.05, 0.1) is 0 Å². The maximum Gasteiger partial charge on any atom is 0.123 e. The van der Waals surface area contributed by atoms with Gasteiger partial charge in [0.1, 0.15) is 5.82 Å². The molecule has 0 amide bonds. The maximum absolute atomic E-state index is 13.1. The third-order valence-electron chi connectivity index (χ3n) is 3.30. The molecule has 3 heteroatoms. The molecular formula is C16H20FNS. The first kappa shape index (κ1) is 14.2. The predicted molar refractivity (Wildman–Crippen MR) is 80.3 cm³/mol. The maximum atomic E-state index is 13.1. The smallest absolute Gasteiger partial charge is 0.123 e. The number of nitrogens with one attached hydrogen (secondary N) is 1. The summed E-state index contributed by atoms with van der Waals surface area (Å²) in [6.07, 6.45) is 0.851. The van der Waals surface area contributed by atoms with Crippen LogP contribution < -0.4 is 5.32 Å². The van der Waals surface area contributed by atoms with E-state index in [9.17, 15) is 4.39 Å². The van der Waals surface area contributed by atoms with Gasteiger partial charge in [-0.3, -0.25) is 0 Å². The Morgan fingerprint density at radius 2 is 2.05 bits per heavy atom. The molecule has 2 aromatic rings. The van der Waals surface area contributed by atoms with E-state index in [0.717, 1.165) is 18.5 Å². The molecule has 0 saturated carbocycles. The Morgan fingerprint density at radius 3 is 2.68 bits per heavy atom. The van der Waals surface area contributed by atoms with Gasteiger partial charge in [0.2, 0.25) is 0 Å². The van der Waals surface area contributed by atoms with Crippen LogP contribution in [-0.4, -0.2) is 6.54 Å². The van der Waals surface area contributed by atoms with Crippen LogP contribution in [0, 0.1) is 19.7 Å². The number of benzene rings is 1. The molecule has 1 aromatic heterocycles. The molecule has 0 saturated heterocycles. The van der Waals surface area contributed by atoms with Gasteiger partial charge in [-0.2, -0.15) is 0 Å². The lowest BCUT2D eigenvalue weighted by Crippen LogP contribution is -2.21. The highest BCUT2D eigenvalue weighted by Gasteiger charge is 2.10. The van der Waals surface area contributed by atoms with Gasteiger partial charge in [-0.15, -0.1) is 11.3 Å². The number of rotatable bonds is 5. The van der Waals surface area contributed by atoms with Crippen molar-refractivity contribution in [2.45, 2.75) is 33.2 Å². The third-order valence-corrected chi connectivity index (χ3v) is 4.28. The van der Waals surface area contributed by atoms with Crippen molar-refractivity contribution in [1.82, 2.24) is 5.32 Å². The van der Waals surface area contributed by atoms with Crippen LogP contribution >= 0.6 is 11.3 Å². The van der Waals surface area contributed by atoms with Gasteiger partial charge in [0.15, 0.2) is 0 Å². The Hall–Kier alpha value is -1.19. The first-order chi connectivity index (χ1) is 9.06. The standard InChI is InChI=1S/C16H20FNS/c1-11-9-16(13(3)19-11)12(2)18-8-7-14-5-4-6-15(17)10-14/h4-6,9-10,12,18H,7-8H2,1-3H3. The van der Waals surface area contributed by atoms with Crippen LogP contribution in [0.2, 0.25) is 0 Å². The molecule has 0 bridgehead atoms. The van der Waals surface area contributed by atoms with Gasteiger partial charge >= 0.3 is 0 Å². The number of thiophene rings is 1. The van der Waals surface area contributed by atoms with Crippen LogP contribution in [0.4, 0.5) is 4.39 Å². The second-order valence-electron chi connectivity index (χ2n) is 4.92. The van der Waals surface area contributed by atoms with E-state index < -0.39 is 0 Å². The Labute approximate surface area is 118 Å². The Kier molecular flexibility index (Phi) is 4.72. The zero-order valence-corrected chi connectivity index (χ0v) is 12.5. The first-order valence-electron chi connectivity index (χ1n) is 6.61. The number of hydrogen-bond donors (Lipinski definition) is 1. The highest BCUT2D eigenvalue weighted by Crippen LogP contribution is 2.25. The average Bonchev–Trinajstić information content (AvgIpc) is 2.68. The van der Waals surface area contributed by atoms with Gasteiger partial charge in [0.25, 0.3) is 0 Å².